The molecule has 0 aliphatic rings. The van der Waals surface area contributed by atoms with Crippen molar-refractivity contribution >= 4 is 29.4 Å². The van der Waals surface area contributed by atoms with Gasteiger partial charge in [0.05, 0.1) is 17.6 Å². The van der Waals surface area contributed by atoms with E-state index in [9.17, 15) is 4.79 Å². The SMILES string of the molecule is CCc1cc(N)c(C(=O)Nc2cccc(-c3nncn3C(C)C)n2)cc1N=CN. The number of aliphatic imine (C=N–C) groups is 1. The molecule has 3 aromatic rings. The number of nitrogens with two attached hydrogens (primary N) is 2. The minimum absolute atomic E-state index is 0.179. The van der Waals surface area contributed by atoms with E-state index in [4.69, 9.17) is 11.5 Å². The number of pyridine rings is 1. The summed E-state index contributed by atoms with van der Waals surface area (Å²) < 4.78 is 1.91. The van der Waals surface area contributed by atoms with Gasteiger partial charge in [0.15, 0.2) is 5.82 Å². The average molecular weight is 392 g/mol. The number of amides is 1. The summed E-state index contributed by atoms with van der Waals surface area (Å²) in [5, 5.41) is 10.9. The lowest BCUT2D eigenvalue weighted by Gasteiger charge is -2.12. The predicted molar refractivity (Wildman–Crippen MR) is 114 cm³/mol. The lowest BCUT2D eigenvalue weighted by Crippen LogP contribution is -2.15. The van der Waals surface area contributed by atoms with Gasteiger partial charge >= 0.3 is 0 Å². The van der Waals surface area contributed by atoms with Crippen molar-refractivity contribution in [2.45, 2.75) is 33.2 Å². The van der Waals surface area contributed by atoms with Crippen LogP contribution in [0.3, 0.4) is 0 Å². The monoisotopic (exact) mass is 392 g/mol. The molecular formula is C20H24N8O. The van der Waals surface area contributed by atoms with Crippen molar-refractivity contribution in [2.75, 3.05) is 11.1 Å². The van der Waals surface area contributed by atoms with Crippen LogP contribution in [0.1, 0.15) is 42.7 Å². The third-order valence-electron chi connectivity index (χ3n) is 4.44. The summed E-state index contributed by atoms with van der Waals surface area (Å²) in [4.78, 5) is 21.4. The first kappa shape index (κ1) is 20.0. The van der Waals surface area contributed by atoms with Gasteiger partial charge in [0.1, 0.15) is 17.8 Å². The molecule has 0 fully saturated rings. The molecule has 29 heavy (non-hydrogen) atoms. The third-order valence-corrected chi connectivity index (χ3v) is 4.44. The first-order valence-electron chi connectivity index (χ1n) is 9.29. The molecule has 150 valence electrons. The number of anilines is 2. The smallest absolute Gasteiger partial charge is 0.258 e. The van der Waals surface area contributed by atoms with E-state index in [0.717, 1.165) is 12.0 Å². The van der Waals surface area contributed by atoms with Gasteiger partial charge in [-0.15, -0.1) is 10.2 Å². The molecule has 9 heteroatoms. The van der Waals surface area contributed by atoms with Crippen LogP contribution in [0.25, 0.3) is 11.5 Å². The first-order valence-corrected chi connectivity index (χ1v) is 9.29. The third kappa shape index (κ3) is 4.23. The number of aryl methyl sites for hydroxylation is 1. The highest BCUT2D eigenvalue weighted by Crippen LogP contribution is 2.27. The number of hydrogen-bond acceptors (Lipinski definition) is 6. The highest BCUT2D eigenvalue weighted by molar-refractivity contribution is 6.08. The van der Waals surface area contributed by atoms with Gasteiger partial charge in [-0.1, -0.05) is 13.0 Å². The highest BCUT2D eigenvalue weighted by Gasteiger charge is 2.16. The van der Waals surface area contributed by atoms with E-state index in [-0.39, 0.29) is 11.9 Å². The summed E-state index contributed by atoms with van der Waals surface area (Å²) in [6.07, 6.45) is 3.57. The zero-order chi connectivity index (χ0) is 21.0. The van der Waals surface area contributed by atoms with Crippen molar-refractivity contribution < 1.29 is 4.79 Å². The second kappa shape index (κ2) is 8.51. The van der Waals surface area contributed by atoms with Crippen LogP contribution in [0.2, 0.25) is 0 Å². The van der Waals surface area contributed by atoms with Gasteiger partial charge in [-0.2, -0.15) is 0 Å². The average Bonchev–Trinajstić information content (AvgIpc) is 3.19. The van der Waals surface area contributed by atoms with Crippen LogP contribution >= 0.6 is 0 Å². The first-order chi connectivity index (χ1) is 13.9. The molecule has 0 bridgehead atoms. The van der Waals surface area contributed by atoms with E-state index in [2.05, 4.69) is 25.5 Å². The standard InChI is InChI=1S/C20H24N8O/c1-4-13-8-15(22)14(9-17(13)23-10-21)20(29)26-18-7-5-6-16(25-18)19-27-24-11-28(19)12(2)3/h5-12H,4,22H2,1-3H3,(H2,21,23)(H,25,26,29). The molecule has 0 spiro atoms. The fourth-order valence-corrected chi connectivity index (χ4v) is 2.95. The fourth-order valence-electron chi connectivity index (χ4n) is 2.95. The second-order valence-corrected chi connectivity index (χ2v) is 6.72. The summed E-state index contributed by atoms with van der Waals surface area (Å²) >= 11 is 0. The highest BCUT2D eigenvalue weighted by atomic mass is 16.1. The largest absolute Gasteiger partial charge is 0.398 e. The Morgan fingerprint density at radius 1 is 1.34 bits per heavy atom. The summed E-state index contributed by atoms with van der Waals surface area (Å²) in [6, 6.07) is 8.87. The number of aromatic nitrogens is 4. The van der Waals surface area contributed by atoms with E-state index in [1.165, 1.54) is 6.34 Å². The van der Waals surface area contributed by atoms with Crippen molar-refractivity contribution in [3.8, 4) is 11.5 Å². The zero-order valence-corrected chi connectivity index (χ0v) is 16.6. The van der Waals surface area contributed by atoms with Gasteiger partial charge in [0, 0.05) is 11.7 Å². The Labute approximate surface area is 168 Å². The maximum Gasteiger partial charge on any atom is 0.258 e. The molecule has 0 atom stereocenters. The number of nitrogens with zero attached hydrogens (tertiary/aromatic N) is 5. The molecule has 0 aliphatic carbocycles. The van der Waals surface area contributed by atoms with E-state index in [1.54, 1.807) is 30.6 Å². The van der Waals surface area contributed by atoms with Crippen LogP contribution in [0.5, 0.6) is 0 Å². The summed E-state index contributed by atoms with van der Waals surface area (Å²) in [5.41, 5.74) is 14.3. The normalized spacial score (nSPS) is 11.3. The molecule has 0 saturated carbocycles. The molecule has 1 amide bonds. The molecule has 0 radical (unpaired) electrons. The second-order valence-electron chi connectivity index (χ2n) is 6.72. The quantitative estimate of drug-likeness (QED) is 0.335. The Hall–Kier alpha value is -3.75. The molecule has 2 aromatic heterocycles. The topological polar surface area (TPSA) is 137 Å². The number of hydrogen-bond donors (Lipinski definition) is 3. The number of benzene rings is 1. The summed E-state index contributed by atoms with van der Waals surface area (Å²) in [7, 11) is 0. The lowest BCUT2D eigenvalue weighted by atomic mass is 10.0. The number of carbonyl (C=O) groups is 1. The number of rotatable bonds is 6. The number of nitrogen functional groups attached to an aromatic ring is 1. The Morgan fingerprint density at radius 3 is 2.83 bits per heavy atom. The van der Waals surface area contributed by atoms with Gasteiger partial charge in [0.2, 0.25) is 0 Å². The number of carbonyl (C=O) groups excluding carboxylic acids is 1. The molecule has 1 aromatic carbocycles. The maximum absolute atomic E-state index is 12.8. The molecule has 9 nitrogen and oxygen atoms in total. The van der Waals surface area contributed by atoms with Crippen molar-refractivity contribution in [3.63, 3.8) is 0 Å². The minimum Gasteiger partial charge on any atom is -0.398 e. The Morgan fingerprint density at radius 2 is 2.14 bits per heavy atom. The lowest BCUT2D eigenvalue weighted by molar-refractivity contribution is 0.102. The minimum atomic E-state index is -0.381. The molecule has 0 aliphatic heterocycles. The van der Waals surface area contributed by atoms with Crippen LogP contribution in [0, 0.1) is 0 Å². The molecule has 3 rings (SSSR count). The number of nitrogens with one attached hydrogen (secondary N) is 1. The molecule has 5 N–H and O–H groups in total. The maximum atomic E-state index is 12.8. The molecule has 0 unspecified atom stereocenters. The molecule has 0 saturated heterocycles. The van der Waals surface area contributed by atoms with Crippen molar-refractivity contribution in [1.29, 1.82) is 0 Å². The van der Waals surface area contributed by atoms with Gasteiger partial charge in [0.25, 0.3) is 5.91 Å². The van der Waals surface area contributed by atoms with Gasteiger partial charge < -0.3 is 21.4 Å². The van der Waals surface area contributed by atoms with Crippen LogP contribution in [0.15, 0.2) is 41.7 Å². The van der Waals surface area contributed by atoms with Crippen molar-refractivity contribution in [1.82, 2.24) is 19.7 Å². The summed E-state index contributed by atoms with van der Waals surface area (Å²) in [6.45, 7) is 6.04. The summed E-state index contributed by atoms with van der Waals surface area (Å²) in [5.74, 6) is 0.629. The van der Waals surface area contributed by atoms with E-state index >= 15 is 0 Å². The fraction of sp³-hybridized carbons (Fsp3) is 0.250. The van der Waals surface area contributed by atoms with E-state index in [0.29, 0.717) is 34.3 Å². The Kier molecular flexibility index (Phi) is 5.87. The van der Waals surface area contributed by atoms with E-state index < -0.39 is 0 Å². The van der Waals surface area contributed by atoms with E-state index in [1.807, 2.05) is 31.4 Å². The Bertz CT molecular complexity index is 1050. The predicted octanol–water partition coefficient (Wildman–Crippen LogP) is 2.94. The van der Waals surface area contributed by atoms with Gasteiger partial charge in [-0.05, 0) is 50.1 Å². The Balaban J connectivity index is 1.90. The van der Waals surface area contributed by atoms with Crippen LogP contribution < -0.4 is 16.8 Å². The van der Waals surface area contributed by atoms with Crippen LogP contribution in [-0.4, -0.2) is 32.0 Å². The molecule has 2 heterocycles. The van der Waals surface area contributed by atoms with Gasteiger partial charge in [-0.25, -0.2) is 9.98 Å². The van der Waals surface area contributed by atoms with Crippen LogP contribution in [-0.2, 0) is 6.42 Å². The van der Waals surface area contributed by atoms with Crippen LogP contribution in [0.4, 0.5) is 17.2 Å². The van der Waals surface area contributed by atoms with Gasteiger partial charge in [-0.3, -0.25) is 4.79 Å². The zero-order valence-electron chi connectivity index (χ0n) is 16.6. The van der Waals surface area contributed by atoms with Crippen molar-refractivity contribution in [2.24, 2.45) is 10.7 Å². The molecular weight excluding hydrogens is 368 g/mol. The van der Waals surface area contributed by atoms with Crippen molar-refractivity contribution in [3.05, 3.63) is 47.8 Å².